The first-order valence-corrected chi connectivity index (χ1v) is 8.18. The smallest absolute Gasteiger partial charge is 0.323 e. The van der Waals surface area contributed by atoms with Crippen molar-refractivity contribution in [2.24, 2.45) is 20.0 Å². The highest BCUT2D eigenvalue weighted by atomic mass is 16.2. The summed E-state index contributed by atoms with van der Waals surface area (Å²) in [4.78, 5) is 50.3. The topological polar surface area (TPSA) is 93.4 Å². The molecule has 130 valence electrons. The van der Waals surface area contributed by atoms with E-state index in [9.17, 15) is 19.2 Å². The normalized spacial score (nSPS) is 27.0. The predicted molar refractivity (Wildman–Crippen MR) is 86.4 cm³/mol. The number of rotatable bonds is 2. The Balaban J connectivity index is 1.94. The Kier molecular flexibility index (Phi) is 3.85. The third-order valence-corrected chi connectivity index (χ3v) is 5.45. The molecular formula is C16H22N4O4. The Labute approximate surface area is 139 Å². The van der Waals surface area contributed by atoms with E-state index in [0.717, 1.165) is 28.7 Å². The second-order valence-electron chi connectivity index (χ2n) is 6.81. The van der Waals surface area contributed by atoms with E-state index in [-0.39, 0.29) is 18.4 Å². The minimum Gasteiger partial charge on any atom is -0.323 e. The average molecular weight is 334 g/mol. The molecule has 24 heavy (non-hydrogen) atoms. The number of carbonyl (C=O) groups is 2. The third-order valence-electron chi connectivity index (χ3n) is 5.45. The quantitative estimate of drug-likeness (QED) is 0.776. The summed E-state index contributed by atoms with van der Waals surface area (Å²) in [6, 6.07) is 0.832. The van der Waals surface area contributed by atoms with Crippen molar-refractivity contribution >= 4 is 11.9 Å². The van der Waals surface area contributed by atoms with Gasteiger partial charge in [0.1, 0.15) is 5.54 Å². The van der Waals surface area contributed by atoms with Crippen LogP contribution in [0.4, 0.5) is 4.79 Å². The van der Waals surface area contributed by atoms with Gasteiger partial charge in [-0.15, -0.1) is 0 Å². The number of nitrogens with zero attached hydrogens (tertiary/aromatic N) is 3. The number of urea groups is 1. The summed E-state index contributed by atoms with van der Waals surface area (Å²) in [6.45, 7) is 1.90. The maximum atomic E-state index is 12.9. The summed E-state index contributed by atoms with van der Waals surface area (Å²) in [6.07, 6.45) is 3.47. The van der Waals surface area contributed by atoms with E-state index in [1.54, 1.807) is 0 Å². The molecule has 0 aromatic carbocycles. The van der Waals surface area contributed by atoms with Gasteiger partial charge in [0, 0.05) is 25.9 Å². The molecule has 2 heterocycles. The van der Waals surface area contributed by atoms with Gasteiger partial charge in [0.25, 0.3) is 11.5 Å². The van der Waals surface area contributed by atoms with E-state index in [1.165, 1.54) is 24.7 Å². The van der Waals surface area contributed by atoms with Crippen LogP contribution in [0.1, 0.15) is 38.3 Å². The summed E-state index contributed by atoms with van der Waals surface area (Å²) < 4.78 is 2.28. The Bertz CT molecular complexity index is 824. The number of aromatic nitrogens is 2. The van der Waals surface area contributed by atoms with E-state index in [0.29, 0.717) is 12.1 Å². The van der Waals surface area contributed by atoms with Crippen LogP contribution in [0.25, 0.3) is 0 Å². The second-order valence-corrected chi connectivity index (χ2v) is 6.81. The molecule has 1 aliphatic heterocycles. The Hall–Kier alpha value is -2.38. The first-order chi connectivity index (χ1) is 11.3. The van der Waals surface area contributed by atoms with E-state index in [4.69, 9.17) is 0 Å². The number of imide groups is 1. The monoisotopic (exact) mass is 334 g/mol. The lowest BCUT2D eigenvalue weighted by Gasteiger charge is -2.36. The second kappa shape index (κ2) is 5.61. The van der Waals surface area contributed by atoms with E-state index >= 15 is 0 Å². The molecule has 0 radical (unpaired) electrons. The van der Waals surface area contributed by atoms with Crippen LogP contribution in [0, 0.1) is 5.92 Å². The molecule has 1 saturated heterocycles. The van der Waals surface area contributed by atoms with Crippen molar-refractivity contribution in [3.63, 3.8) is 0 Å². The zero-order valence-corrected chi connectivity index (χ0v) is 14.2. The minimum absolute atomic E-state index is 0.0696. The van der Waals surface area contributed by atoms with E-state index in [2.05, 4.69) is 5.32 Å². The molecule has 1 N–H and O–H groups in total. The molecule has 2 aliphatic rings. The first-order valence-electron chi connectivity index (χ1n) is 8.18. The molecule has 1 aliphatic carbocycles. The summed E-state index contributed by atoms with van der Waals surface area (Å²) in [5, 5.41) is 2.87. The van der Waals surface area contributed by atoms with Gasteiger partial charge >= 0.3 is 11.7 Å². The van der Waals surface area contributed by atoms with Gasteiger partial charge in [0.2, 0.25) is 0 Å². The van der Waals surface area contributed by atoms with Gasteiger partial charge in [0.05, 0.1) is 6.54 Å². The molecule has 1 spiro atoms. The number of carbonyl (C=O) groups excluding carboxylic acids is 2. The highest BCUT2D eigenvalue weighted by molar-refractivity contribution is 6.07. The van der Waals surface area contributed by atoms with Crippen LogP contribution >= 0.6 is 0 Å². The number of nitrogens with one attached hydrogen (secondary N) is 1. The molecule has 1 saturated carbocycles. The van der Waals surface area contributed by atoms with Crippen LogP contribution in [0.3, 0.4) is 0 Å². The predicted octanol–water partition coefficient (Wildman–Crippen LogP) is 0.0847. The molecule has 8 nitrogen and oxygen atoms in total. The van der Waals surface area contributed by atoms with Crippen LogP contribution in [0.15, 0.2) is 15.7 Å². The van der Waals surface area contributed by atoms with Gasteiger partial charge in [-0.3, -0.25) is 23.6 Å². The minimum atomic E-state index is -0.839. The summed E-state index contributed by atoms with van der Waals surface area (Å²) in [5.74, 6) is -0.187. The average Bonchev–Trinajstić information content (AvgIpc) is 2.78. The maximum Gasteiger partial charge on any atom is 0.330 e. The highest BCUT2D eigenvalue weighted by Crippen LogP contribution is 2.38. The number of amides is 3. The van der Waals surface area contributed by atoms with Crippen LogP contribution in [-0.2, 0) is 25.4 Å². The van der Waals surface area contributed by atoms with Crippen LogP contribution in [0.5, 0.6) is 0 Å². The van der Waals surface area contributed by atoms with Crippen LogP contribution in [0.2, 0.25) is 0 Å². The van der Waals surface area contributed by atoms with Crippen molar-refractivity contribution in [2.45, 2.75) is 44.7 Å². The van der Waals surface area contributed by atoms with Crippen LogP contribution in [-0.4, -0.2) is 31.5 Å². The standard InChI is InChI=1S/C16H22N4O4/c1-10-6-4-5-7-16(10)13(22)20(14(23)17-16)9-11-8-12(21)19(3)15(24)18(11)2/h8,10H,4-7,9H2,1-3H3,(H,17,23)/t10-,16+/m0/s1. The molecule has 1 aromatic heterocycles. The van der Waals surface area contributed by atoms with Gasteiger partial charge in [-0.2, -0.15) is 0 Å². The molecular weight excluding hydrogens is 312 g/mol. The number of hydrogen-bond acceptors (Lipinski definition) is 4. The molecule has 0 bridgehead atoms. The molecule has 1 aromatic rings. The Morgan fingerprint density at radius 2 is 1.88 bits per heavy atom. The van der Waals surface area contributed by atoms with Crippen molar-refractivity contribution in [3.8, 4) is 0 Å². The van der Waals surface area contributed by atoms with Gasteiger partial charge in [-0.25, -0.2) is 9.59 Å². The van der Waals surface area contributed by atoms with Gasteiger partial charge < -0.3 is 5.32 Å². The largest absolute Gasteiger partial charge is 0.330 e. The lowest BCUT2D eigenvalue weighted by atomic mass is 9.73. The molecule has 3 rings (SSSR count). The van der Waals surface area contributed by atoms with Gasteiger partial charge in [0.15, 0.2) is 0 Å². The summed E-state index contributed by atoms with van der Waals surface area (Å²) in [7, 11) is 2.91. The first kappa shape index (κ1) is 16.5. The van der Waals surface area contributed by atoms with Crippen molar-refractivity contribution in [1.82, 2.24) is 19.4 Å². The maximum absolute atomic E-state index is 12.9. The molecule has 0 unspecified atom stereocenters. The number of hydrogen-bond donors (Lipinski definition) is 1. The van der Waals surface area contributed by atoms with E-state index in [1.807, 2.05) is 6.92 Å². The lowest BCUT2D eigenvalue weighted by Crippen LogP contribution is -2.53. The molecule has 3 amide bonds. The molecule has 2 atom stereocenters. The van der Waals surface area contributed by atoms with Crippen molar-refractivity contribution < 1.29 is 9.59 Å². The lowest BCUT2D eigenvalue weighted by molar-refractivity contribution is -0.134. The fourth-order valence-electron chi connectivity index (χ4n) is 3.73. The summed E-state index contributed by atoms with van der Waals surface area (Å²) in [5.41, 5.74) is -1.44. The van der Waals surface area contributed by atoms with Crippen molar-refractivity contribution in [1.29, 1.82) is 0 Å². The van der Waals surface area contributed by atoms with E-state index < -0.39 is 22.8 Å². The SMILES string of the molecule is C[C@H]1CCCC[C@@]12NC(=O)N(Cc1cc(=O)n(C)c(=O)n1C)C2=O. The third kappa shape index (κ3) is 2.28. The zero-order chi connectivity index (χ0) is 17.6. The Morgan fingerprint density at radius 3 is 2.54 bits per heavy atom. The van der Waals surface area contributed by atoms with Crippen LogP contribution < -0.4 is 16.6 Å². The Morgan fingerprint density at radius 1 is 1.17 bits per heavy atom. The molecule has 2 fully saturated rings. The summed E-state index contributed by atoms with van der Waals surface area (Å²) >= 11 is 0. The molecule has 8 heteroatoms. The van der Waals surface area contributed by atoms with Crippen molar-refractivity contribution in [3.05, 3.63) is 32.6 Å². The fourth-order valence-corrected chi connectivity index (χ4v) is 3.73. The van der Waals surface area contributed by atoms with Crippen molar-refractivity contribution in [2.75, 3.05) is 0 Å². The fraction of sp³-hybridized carbons (Fsp3) is 0.625. The van der Waals surface area contributed by atoms with Gasteiger partial charge in [-0.1, -0.05) is 19.8 Å². The van der Waals surface area contributed by atoms with Gasteiger partial charge in [-0.05, 0) is 18.8 Å². The highest BCUT2D eigenvalue weighted by Gasteiger charge is 2.54. The zero-order valence-electron chi connectivity index (χ0n) is 14.2.